The first-order chi connectivity index (χ1) is 23.3. The van der Waals surface area contributed by atoms with Crippen LogP contribution in [0.3, 0.4) is 0 Å². The lowest BCUT2D eigenvalue weighted by Gasteiger charge is -2.30. The number of halogens is 2. The second kappa shape index (κ2) is 13.1. The van der Waals surface area contributed by atoms with Gasteiger partial charge in [0, 0.05) is 73.9 Å². The Hall–Kier alpha value is -5.33. The molecule has 2 amide bonds. The zero-order valence-corrected chi connectivity index (χ0v) is 26.2. The largest absolute Gasteiger partial charge is 0.367 e. The fourth-order valence-corrected chi connectivity index (χ4v) is 6.39. The lowest BCUT2D eigenvalue weighted by molar-refractivity contribution is -0.138. The van der Waals surface area contributed by atoms with Crippen LogP contribution in [0.25, 0.3) is 39.1 Å². The van der Waals surface area contributed by atoms with Gasteiger partial charge in [-0.15, -0.1) is 0 Å². The summed E-state index contributed by atoms with van der Waals surface area (Å²) in [6, 6.07) is 18.4. The average molecular weight is 650 g/mol. The van der Waals surface area contributed by atoms with Gasteiger partial charge in [-0.05, 0) is 60.4 Å². The SMILES string of the molecule is CO[C@@]1(C(=O)Nc2ccc3[nH]nc(-c4ccc(F)cc4F)c3c2)CCN(CC(=O)N2CC=C(c3ccc(-c4ncccn4)cc3)CC2)C1. The molecule has 10 nitrogen and oxygen atoms in total. The third kappa shape index (κ3) is 6.19. The highest BCUT2D eigenvalue weighted by molar-refractivity contribution is 6.01. The van der Waals surface area contributed by atoms with Crippen LogP contribution in [-0.4, -0.2) is 87.2 Å². The molecule has 1 fully saturated rings. The maximum Gasteiger partial charge on any atom is 0.258 e. The van der Waals surface area contributed by atoms with E-state index in [0.29, 0.717) is 54.2 Å². The number of hydrogen-bond donors (Lipinski definition) is 2. The predicted molar refractivity (Wildman–Crippen MR) is 178 cm³/mol. The van der Waals surface area contributed by atoms with E-state index in [0.717, 1.165) is 23.6 Å². The Bertz CT molecular complexity index is 2020. The fourth-order valence-electron chi connectivity index (χ4n) is 6.39. The second-order valence-corrected chi connectivity index (χ2v) is 12.0. The molecular weight excluding hydrogens is 616 g/mol. The van der Waals surface area contributed by atoms with Crippen LogP contribution in [0.5, 0.6) is 0 Å². The number of likely N-dealkylation sites (tertiary alicyclic amines) is 1. The Balaban J connectivity index is 0.968. The van der Waals surface area contributed by atoms with Gasteiger partial charge in [0.2, 0.25) is 5.91 Å². The molecule has 0 spiro atoms. The summed E-state index contributed by atoms with van der Waals surface area (Å²) in [6.45, 7) is 2.09. The van der Waals surface area contributed by atoms with E-state index >= 15 is 0 Å². The molecule has 3 aromatic carbocycles. The second-order valence-electron chi connectivity index (χ2n) is 12.0. The summed E-state index contributed by atoms with van der Waals surface area (Å²) < 4.78 is 33.8. The molecule has 0 radical (unpaired) electrons. The fraction of sp³-hybridized carbons (Fsp3) is 0.250. The number of anilines is 1. The number of fused-ring (bicyclic) bond motifs is 1. The van der Waals surface area contributed by atoms with Gasteiger partial charge in [-0.25, -0.2) is 18.7 Å². The topological polar surface area (TPSA) is 116 Å². The summed E-state index contributed by atoms with van der Waals surface area (Å²) in [5.74, 6) is -1.07. The molecule has 0 unspecified atom stereocenters. The monoisotopic (exact) mass is 649 g/mol. The van der Waals surface area contributed by atoms with Crippen molar-refractivity contribution in [1.29, 1.82) is 0 Å². The van der Waals surface area contributed by atoms with E-state index < -0.39 is 17.2 Å². The molecule has 2 aromatic heterocycles. The summed E-state index contributed by atoms with van der Waals surface area (Å²) in [5, 5.41) is 10.6. The zero-order valence-electron chi connectivity index (χ0n) is 26.2. The van der Waals surface area contributed by atoms with Crippen LogP contribution in [0, 0.1) is 11.6 Å². The Morgan fingerprint density at radius 3 is 2.52 bits per heavy atom. The van der Waals surface area contributed by atoms with Crippen molar-refractivity contribution in [3.05, 3.63) is 102 Å². The zero-order chi connectivity index (χ0) is 33.3. The third-order valence-electron chi connectivity index (χ3n) is 9.12. The first kappa shape index (κ1) is 31.3. The van der Waals surface area contributed by atoms with Crippen LogP contribution < -0.4 is 5.32 Å². The van der Waals surface area contributed by atoms with Crippen molar-refractivity contribution >= 4 is 34.0 Å². The molecular formula is C36H33F2N7O3. The van der Waals surface area contributed by atoms with Crippen molar-refractivity contribution in [2.24, 2.45) is 0 Å². The molecule has 0 aliphatic carbocycles. The summed E-state index contributed by atoms with van der Waals surface area (Å²) in [6.07, 6.45) is 6.70. The van der Waals surface area contributed by atoms with Gasteiger partial charge in [0.25, 0.3) is 5.91 Å². The van der Waals surface area contributed by atoms with E-state index in [1.165, 1.54) is 24.8 Å². The summed E-state index contributed by atoms with van der Waals surface area (Å²) in [5.41, 5.74) is 3.67. The number of hydrogen-bond acceptors (Lipinski definition) is 7. The van der Waals surface area contributed by atoms with Gasteiger partial charge in [-0.2, -0.15) is 5.10 Å². The van der Waals surface area contributed by atoms with Gasteiger partial charge >= 0.3 is 0 Å². The van der Waals surface area contributed by atoms with Crippen LogP contribution >= 0.6 is 0 Å². The molecule has 4 heterocycles. The minimum Gasteiger partial charge on any atom is -0.367 e. The van der Waals surface area contributed by atoms with Gasteiger partial charge < -0.3 is 15.0 Å². The molecule has 244 valence electrons. The van der Waals surface area contributed by atoms with Crippen LogP contribution in [0.15, 0.2) is 85.2 Å². The van der Waals surface area contributed by atoms with Crippen LogP contribution in [0.4, 0.5) is 14.5 Å². The molecule has 2 N–H and O–H groups in total. The summed E-state index contributed by atoms with van der Waals surface area (Å²) in [4.78, 5) is 39.3. The number of methoxy groups -OCH3 is 1. The lowest BCUT2D eigenvalue weighted by Crippen LogP contribution is -2.48. The van der Waals surface area contributed by atoms with E-state index in [1.54, 1.807) is 36.7 Å². The maximum absolute atomic E-state index is 14.5. The van der Waals surface area contributed by atoms with Gasteiger partial charge in [0.15, 0.2) is 11.4 Å². The Morgan fingerprint density at radius 2 is 1.79 bits per heavy atom. The van der Waals surface area contributed by atoms with E-state index in [2.05, 4.69) is 43.7 Å². The number of carbonyl (C=O) groups excluding carboxylic acids is 2. The number of ether oxygens (including phenoxy) is 1. The van der Waals surface area contributed by atoms with Gasteiger partial charge in [0.05, 0.1) is 12.1 Å². The molecule has 1 saturated heterocycles. The van der Waals surface area contributed by atoms with Crippen LogP contribution in [0.2, 0.25) is 0 Å². The van der Waals surface area contributed by atoms with Crippen LogP contribution in [-0.2, 0) is 14.3 Å². The van der Waals surface area contributed by atoms with Gasteiger partial charge in [0.1, 0.15) is 17.3 Å². The molecule has 2 aliphatic heterocycles. The molecule has 12 heteroatoms. The van der Waals surface area contributed by atoms with Crippen molar-refractivity contribution in [3.63, 3.8) is 0 Å². The standard InChI is InChI=1S/C36H33F2N7O3/c1-48-36(35(47)41-27-8-10-31-29(20-27)33(43-42-31)28-9-7-26(37)19-30(28)38)13-18-44(22-36)21-32(46)45-16-11-24(12-17-45)23-3-5-25(6-4-23)34-39-14-2-15-40-34/h2-11,14-15,19-20H,12-13,16-18,21-22H2,1H3,(H,41,47)(H,42,43)/t36-/m0/s1. The average Bonchev–Trinajstić information content (AvgIpc) is 3.73. The molecule has 0 bridgehead atoms. The summed E-state index contributed by atoms with van der Waals surface area (Å²) >= 11 is 0. The first-order valence-corrected chi connectivity index (χ1v) is 15.7. The van der Waals surface area contributed by atoms with E-state index in [-0.39, 0.29) is 30.5 Å². The van der Waals surface area contributed by atoms with Crippen LogP contribution in [0.1, 0.15) is 18.4 Å². The Kier molecular flexibility index (Phi) is 8.50. The molecule has 48 heavy (non-hydrogen) atoms. The Morgan fingerprint density at radius 1 is 1.00 bits per heavy atom. The van der Waals surface area contributed by atoms with Crippen molar-refractivity contribution in [1.82, 2.24) is 30.0 Å². The number of H-pyrrole nitrogens is 1. The highest BCUT2D eigenvalue weighted by Crippen LogP contribution is 2.32. The van der Waals surface area contributed by atoms with E-state index in [1.807, 2.05) is 21.9 Å². The molecule has 5 aromatic rings. The molecule has 1 atom stereocenters. The van der Waals surface area contributed by atoms with Gasteiger partial charge in [-0.1, -0.05) is 30.3 Å². The number of nitrogens with zero attached hydrogens (tertiary/aromatic N) is 5. The number of carbonyl (C=O) groups is 2. The third-order valence-corrected chi connectivity index (χ3v) is 9.12. The molecule has 2 aliphatic rings. The van der Waals surface area contributed by atoms with Crippen molar-refractivity contribution in [2.75, 3.05) is 45.2 Å². The highest BCUT2D eigenvalue weighted by atomic mass is 19.1. The molecule has 7 rings (SSSR count). The van der Waals surface area contributed by atoms with E-state index in [4.69, 9.17) is 4.74 Å². The smallest absolute Gasteiger partial charge is 0.258 e. The van der Waals surface area contributed by atoms with Crippen molar-refractivity contribution in [2.45, 2.75) is 18.4 Å². The first-order valence-electron chi connectivity index (χ1n) is 15.7. The minimum absolute atomic E-state index is 0.000139. The van der Waals surface area contributed by atoms with Crippen molar-refractivity contribution < 1.29 is 23.1 Å². The number of nitrogens with one attached hydrogen (secondary N) is 2. The molecule has 0 saturated carbocycles. The van der Waals surface area contributed by atoms with Gasteiger partial charge in [-0.3, -0.25) is 19.6 Å². The normalized spacial score (nSPS) is 18.2. The van der Waals surface area contributed by atoms with E-state index in [9.17, 15) is 18.4 Å². The Labute approximate surface area is 275 Å². The number of rotatable bonds is 8. The maximum atomic E-state index is 14.5. The number of aromatic nitrogens is 4. The quantitative estimate of drug-likeness (QED) is 0.234. The predicted octanol–water partition coefficient (Wildman–Crippen LogP) is 5.31. The number of aromatic amines is 1. The lowest BCUT2D eigenvalue weighted by atomic mass is 9.98. The van der Waals surface area contributed by atoms with Crippen molar-refractivity contribution in [3.8, 4) is 22.6 Å². The number of amides is 2. The number of benzene rings is 3. The minimum atomic E-state index is -1.15. The summed E-state index contributed by atoms with van der Waals surface area (Å²) in [7, 11) is 1.50. The highest BCUT2D eigenvalue weighted by Gasteiger charge is 2.45.